The Kier molecular flexibility index (Phi) is 6.83. The third-order valence-electron chi connectivity index (χ3n) is 7.44. The first-order valence-electron chi connectivity index (χ1n) is 12.5. The van der Waals surface area contributed by atoms with Gasteiger partial charge in [0, 0.05) is 69.1 Å². The normalized spacial score (nSPS) is 25.1. The second kappa shape index (κ2) is 10.2. The van der Waals surface area contributed by atoms with Crippen molar-refractivity contribution in [2.75, 3.05) is 55.0 Å². The van der Waals surface area contributed by atoms with E-state index in [2.05, 4.69) is 43.3 Å². The molecule has 2 unspecified atom stereocenters. The number of aryl methyl sites for hydroxylation is 1. The number of piperidine rings is 2. The fraction of sp³-hybridized carbons (Fsp3) is 0.667. The summed E-state index contributed by atoms with van der Waals surface area (Å²) < 4.78 is 5.55. The first-order valence-corrected chi connectivity index (χ1v) is 12.5. The number of anilines is 4. The quantitative estimate of drug-likeness (QED) is 0.638. The molecule has 182 valence electrons. The van der Waals surface area contributed by atoms with Crippen LogP contribution in [0.25, 0.3) is 0 Å². The second-order valence-corrected chi connectivity index (χ2v) is 9.69. The molecule has 0 aliphatic carbocycles. The number of rotatable bonds is 7. The molecule has 5 rings (SSSR count). The lowest BCUT2D eigenvalue weighted by molar-refractivity contribution is 0.0326. The minimum Gasteiger partial charge on any atom is -0.378 e. The molecule has 5 heterocycles. The lowest BCUT2D eigenvalue weighted by Crippen LogP contribution is -2.56. The monoisotopic (exact) mass is 465 g/mol. The standard InChI is InChI=1S/C24H35N9O/c1-17-13-22(30-29-17)26-21-16-23(32-9-11-34-12-10-32)28-24(27-21)31(2)20-14-18-5-3-6-19(15-20)33(18)8-4-7-25/h13,16,18-20H,3-6,8-12,14-15H2,1-2H3,(H2,26,27,28,29,30). The highest BCUT2D eigenvalue weighted by molar-refractivity contribution is 5.60. The molecule has 10 nitrogen and oxygen atoms in total. The Morgan fingerprint density at radius 3 is 2.62 bits per heavy atom. The number of aromatic amines is 1. The zero-order valence-electron chi connectivity index (χ0n) is 20.2. The third kappa shape index (κ3) is 4.95. The van der Waals surface area contributed by atoms with Crippen LogP contribution in [0.3, 0.4) is 0 Å². The number of hydrogen-bond donors (Lipinski definition) is 2. The van der Waals surface area contributed by atoms with Gasteiger partial charge >= 0.3 is 0 Å². The largest absolute Gasteiger partial charge is 0.378 e. The summed E-state index contributed by atoms with van der Waals surface area (Å²) in [5.41, 5.74) is 0.997. The Balaban J connectivity index is 1.39. The number of nitrogens with one attached hydrogen (secondary N) is 2. The molecule has 3 aliphatic rings. The van der Waals surface area contributed by atoms with Crippen LogP contribution in [0.1, 0.15) is 44.2 Å². The molecule has 2 aromatic heterocycles. The van der Waals surface area contributed by atoms with Gasteiger partial charge in [0.1, 0.15) is 11.6 Å². The molecule has 10 heteroatoms. The van der Waals surface area contributed by atoms with Crippen LogP contribution in [0.4, 0.5) is 23.4 Å². The van der Waals surface area contributed by atoms with Gasteiger partial charge in [-0.2, -0.15) is 20.3 Å². The molecular weight excluding hydrogens is 430 g/mol. The summed E-state index contributed by atoms with van der Waals surface area (Å²) >= 11 is 0. The lowest BCUT2D eigenvalue weighted by atomic mass is 9.81. The smallest absolute Gasteiger partial charge is 0.229 e. The van der Waals surface area contributed by atoms with Gasteiger partial charge < -0.3 is 19.9 Å². The molecule has 0 radical (unpaired) electrons. The fourth-order valence-electron chi connectivity index (χ4n) is 5.69. The molecule has 0 aromatic carbocycles. The summed E-state index contributed by atoms with van der Waals surface area (Å²) in [6, 6.07) is 7.77. The zero-order valence-corrected chi connectivity index (χ0v) is 20.2. The van der Waals surface area contributed by atoms with E-state index in [9.17, 15) is 0 Å². The Hall–Kier alpha value is -2.90. The number of hydrogen-bond acceptors (Lipinski definition) is 9. The van der Waals surface area contributed by atoms with Gasteiger partial charge in [0.05, 0.1) is 19.3 Å². The van der Waals surface area contributed by atoms with E-state index in [1.165, 1.54) is 19.3 Å². The molecule has 0 spiro atoms. The highest BCUT2D eigenvalue weighted by Gasteiger charge is 2.39. The Labute approximate surface area is 201 Å². The first-order chi connectivity index (χ1) is 16.6. The Morgan fingerprint density at radius 1 is 1.18 bits per heavy atom. The van der Waals surface area contributed by atoms with E-state index in [1.54, 1.807) is 0 Å². The highest BCUT2D eigenvalue weighted by Crippen LogP contribution is 2.37. The number of fused-ring (bicyclic) bond motifs is 2. The van der Waals surface area contributed by atoms with Gasteiger partial charge in [-0.25, -0.2) is 0 Å². The number of morpholine rings is 1. The average Bonchev–Trinajstić information content (AvgIpc) is 3.26. The summed E-state index contributed by atoms with van der Waals surface area (Å²) in [4.78, 5) is 17.0. The van der Waals surface area contributed by atoms with Crippen LogP contribution in [-0.4, -0.2) is 83.1 Å². The van der Waals surface area contributed by atoms with Crippen LogP contribution in [0.2, 0.25) is 0 Å². The van der Waals surface area contributed by atoms with Gasteiger partial charge in [0.25, 0.3) is 0 Å². The van der Waals surface area contributed by atoms with Gasteiger partial charge in [-0.3, -0.25) is 10.00 Å². The van der Waals surface area contributed by atoms with Crippen LogP contribution < -0.4 is 15.1 Å². The van der Waals surface area contributed by atoms with Crippen molar-refractivity contribution in [1.29, 1.82) is 5.26 Å². The minimum atomic E-state index is 0.383. The summed E-state index contributed by atoms with van der Waals surface area (Å²) in [6.07, 6.45) is 6.50. The molecule has 2 bridgehead atoms. The second-order valence-electron chi connectivity index (χ2n) is 9.69. The number of H-pyrrole nitrogens is 1. The predicted octanol–water partition coefficient (Wildman–Crippen LogP) is 2.82. The summed E-state index contributed by atoms with van der Waals surface area (Å²) in [5, 5.41) is 19.7. The highest BCUT2D eigenvalue weighted by atomic mass is 16.5. The van der Waals surface area contributed by atoms with Gasteiger partial charge in [-0.1, -0.05) is 6.42 Å². The van der Waals surface area contributed by atoms with Crippen molar-refractivity contribution in [1.82, 2.24) is 25.1 Å². The van der Waals surface area contributed by atoms with Crippen molar-refractivity contribution in [2.24, 2.45) is 0 Å². The lowest BCUT2D eigenvalue weighted by Gasteiger charge is -2.50. The van der Waals surface area contributed by atoms with Crippen LogP contribution >= 0.6 is 0 Å². The van der Waals surface area contributed by atoms with Gasteiger partial charge in [0.15, 0.2) is 5.82 Å². The van der Waals surface area contributed by atoms with Crippen molar-refractivity contribution in [3.05, 3.63) is 17.8 Å². The Bertz CT molecular complexity index is 998. The van der Waals surface area contributed by atoms with Crippen molar-refractivity contribution in [3.63, 3.8) is 0 Å². The van der Waals surface area contributed by atoms with Crippen LogP contribution in [0.15, 0.2) is 12.1 Å². The number of aromatic nitrogens is 4. The molecular formula is C24H35N9O. The number of nitrogens with zero attached hydrogens (tertiary/aromatic N) is 7. The number of ether oxygens (including phenoxy) is 1. The zero-order chi connectivity index (χ0) is 23.5. The minimum absolute atomic E-state index is 0.383. The van der Waals surface area contributed by atoms with E-state index in [1.807, 2.05) is 19.1 Å². The maximum atomic E-state index is 9.09. The molecule has 3 aliphatic heterocycles. The van der Waals surface area contributed by atoms with Gasteiger partial charge in [0.2, 0.25) is 5.95 Å². The van der Waals surface area contributed by atoms with E-state index in [4.69, 9.17) is 20.0 Å². The van der Waals surface area contributed by atoms with Crippen LogP contribution in [0.5, 0.6) is 0 Å². The molecule has 2 aromatic rings. The first kappa shape index (κ1) is 22.9. The molecule has 0 saturated carbocycles. The van der Waals surface area contributed by atoms with E-state index in [0.29, 0.717) is 37.8 Å². The summed E-state index contributed by atoms with van der Waals surface area (Å²) in [6.45, 7) is 5.94. The third-order valence-corrected chi connectivity index (χ3v) is 7.44. The molecule has 3 saturated heterocycles. The average molecular weight is 466 g/mol. The predicted molar refractivity (Wildman–Crippen MR) is 131 cm³/mol. The van der Waals surface area contributed by atoms with Crippen LogP contribution in [0, 0.1) is 18.3 Å². The van der Waals surface area contributed by atoms with E-state index in [-0.39, 0.29) is 0 Å². The maximum absolute atomic E-state index is 9.09. The van der Waals surface area contributed by atoms with E-state index < -0.39 is 0 Å². The number of nitriles is 1. The molecule has 0 amide bonds. The van der Waals surface area contributed by atoms with E-state index >= 15 is 0 Å². The maximum Gasteiger partial charge on any atom is 0.229 e. The summed E-state index contributed by atoms with van der Waals surface area (Å²) in [5.74, 6) is 3.16. The van der Waals surface area contributed by atoms with E-state index in [0.717, 1.165) is 61.6 Å². The molecule has 34 heavy (non-hydrogen) atoms. The fourth-order valence-corrected chi connectivity index (χ4v) is 5.69. The van der Waals surface area contributed by atoms with Crippen molar-refractivity contribution in [2.45, 2.75) is 63.6 Å². The SMILES string of the molecule is Cc1cc(Nc2cc(N3CCOCC3)nc(N(C)C3CC4CCCC(C3)N4CCC#N)n2)n[nH]1. The van der Waals surface area contributed by atoms with Crippen LogP contribution in [-0.2, 0) is 4.74 Å². The molecule has 2 atom stereocenters. The van der Waals surface area contributed by atoms with Gasteiger partial charge in [-0.05, 0) is 32.6 Å². The Morgan fingerprint density at radius 2 is 1.94 bits per heavy atom. The van der Waals surface area contributed by atoms with Crippen molar-refractivity contribution in [3.8, 4) is 6.07 Å². The topological polar surface area (TPSA) is 109 Å². The molecule has 2 N–H and O–H groups in total. The van der Waals surface area contributed by atoms with Crippen molar-refractivity contribution < 1.29 is 4.74 Å². The van der Waals surface area contributed by atoms with Gasteiger partial charge in [-0.15, -0.1) is 0 Å². The summed E-state index contributed by atoms with van der Waals surface area (Å²) in [7, 11) is 2.13. The molecule has 3 fully saturated rings. The van der Waals surface area contributed by atoms with Crippen molar-refractivity contribution >= 4 is 23.4 Å².